The van der Waals surface area contributed by atoms with Crippen LogP contribution in [0.25, 0.3) is 11.3 Å². The summed E-state index contributed by atoms with van der Waals surface area (Å²) in [6, 6.07) is 12.4. The van der Waals surface area contributed by atoms with Crippen LogP contribution in [0.15, 0.2) is 47.8 Å². The summed E-state index contributed by atoms with van der Waals surface area (Å²) < 4.78 is 0. The minimum Gasteiger partial charge on any atom is -0.349 e. The molecule has 1 aromatic heterocycles. The lowest BCUT2D eigenvalue weighted by atomic mass is 10.1. The van der Waals surface area contributed by atoms with Gasteiger partial charge in [-0.25, -0.2) is 4.98 Å². The quantitative estimate of drug-likeness (QED) is 0.515. The molecule has 3 rings (SSSR count). The van der Waals surface area contributed by atoms with Crippen molar-refractivity contribution in [2.45, 2.75) is 13.8 Å². The molecule has 7 heteroatoms. The van der Waals surface area contributed by atoms with Gasteiger partial charge in [0.15, 0.2) is 5.13 Å². The van der Waals surface area contributed by atoms with Crippen molar-refractivity contribution in [3.8, 4) is 11.3 Å². The lowest BCUT2D eigenvalue weighted by molar-refractivity contribution is 0.102. The molecule has 0 aliphatic carbocycles. The first kappa shape index (κ1) is 19.7. The summed E-state index contributed by atoms with van der Waals surface area (Å²) in [4.78, 5) is 19.4. The van der Waals surface area contributed by atoms with E-state index in [2.05, 4.69) is 24.1 Å². The molecular weight excluding hydrogens is 401 g/mol. The van der Waals surface area contributed by atoms with Gasteiger partial charge in [-0.1, -0.05) is 35.3 Å². The van der Waals surface area contributed by atoms with Gasteiger partial charge in [0.1, 0.15) is 0 Å². The summed E-state index contributed by atoms with van der Waals surface area (Å²) in [5.74, 6) is -0.265. The van der Waals surface area contributed by atoms with Gasteiger partial charge in [0, 0.05) is 45.3 Å². The SMILES string of the molecule is CCN(CC)c1nc(-c2cccc(NC(=O)c3cc(Cl)cc(Cl)c3)c2)cs1. The van der Waals surface area contributed by atoms with Crippen molar-refractivity contribution in [2.24, 2.45) is 0 Å². The van der Waals surface area contributed by atoms with E-state index in [1.165, 1.54) is 0 Å². The van der Waals surface area contributed by atoms with Gasteiger partial charge >= 0.3 is 0 Å². The highest BCUT2D eigenvalue weighted by Gasteiger charge is 2.12. The molecule has 0 unspecified atom stereocenters. The van der Waals surface area contributed by atoms with Gasteiger partial charge in [0.25, 0.3) is 5.91 Å². The largest absolute Gasteiger partial charge is 0.349 e. The summed E-state index contributed by atoms with van der Waals surface area (Å²) in [6.45, 7) is 6.06. The Kier molecular flexibility index (Phi) is 6.37. The molecule has 0 saturated heterocycles. The van der Waals surface area contributed by atoms with E-state index in [1.54, 1.807) is 29.5 Å². The van der Waals surface area contributed by atoms with E-state index in [0.29, 0.717) is 21.3 Å². The Morgan fingerprint density at radius 1 is 1.11 bits per heavy atom. The zero-order valence-corrected chi connectivity index (χ0v) is 17.3. The van der Waals surface area contributed by atoms with Crippen molar-refractivity contribution < 1.29 is 4.79 Å². The lowest BCUT2D eigenvalue weighted by Crippen LogP contribution is -2.21. The van der Waals surface area contributed by atoms with Crippen LogP contribution in [0.1, 0.15) is 24.2 Å². The number of anilines is 2. The van der Waals surface area contributed by atoms with Crippen molar-refractivity contribution in [3.63, 3.8) is 0 Å². The molecule has 0 aliphatic rings. The predicted molar refractivity (Wildman–Crippen MR) is 116 cm³/mol. The Hall–Kier alpha value is -2.08. The van der Waals surface area contributed by atoms with Crippen LogP contribution in [0.5, 0.6) is 0 Å². The molecule has 4 nitrogen and oxygen atoms in total. The number of carbonyl (C=O) groups excluding carboxylic acids is 1. The highest BCUT2D eigenvalue weighted by molar-refractivity contribution is 7.14. The fourth-order valence-corrected chi connectivity index (χ4v) is 4.17. The van der Waals surface area contributed by atoms with Crippen LogP contribution in [0.4, 0.5) is 10.8 Å². The second kappa shape index (κ2) is 8.74. The number of rotatable bonds is 6. The van der Waals surface area contributed by atoms with Gasteiger partial charge in [-0.05, 0) is 44.2 Å². The first-order chi connectivity index (χ1) is 13.0. The van der Waals surface area contributed by atoms with Crippen molar-refractivity contribution in [1.29, 1.82) is 0 Å². The Morgan fingerprint density at radius 2 is 1.81 bits per heavy atom. The summed E-state index contributed by atoms with van der Waals surface area (Å²) >= 11 is 13.6. The molecule has 2 aromatic carbocycles. The molecule has 0 fully saturated rings. The molecular formula is C20H19Cl2N3OS. The molecule has 0 bridgehead atoms. The lowest BCUT2D eigenvalue weighted by Gasteiger charge is -2.16. The molecule has 0 radical (unpaired) electrons. The normalized spacial score (nSPS) is 10.7. The summed E-state index contributed by atoms with van der Waals surface area (Å²) in [5.41, 5.74) is 2.94. The molecule has 3 aromatic rings. The number of hydrogen-bond donors (Lipinski definition) is 1. The Bertz CT molecular complexity index is 934. The minimum atomic E-state index is -0.265. The van der Waals surface area contributed by atoms with Crippen molar-refractivity contribution >= 4 is 51.3 Å². The summed E-state index contributed by atoms with van der Waals surface area (Å²) in [5, 5.41) is 6.76. The predicted octanol–water partition coefficient (Wildman–Crippen LogP) is 6.22. The molecule has 140 valence electrons. The molecule has 0 spiro atoms. The highest BCUT2D eigenvalue weighted by atomic mass is 35.5. The number of hydrogen-bond acceptors (Lipinski definition) is 4. The number of nitrogens with zero attached hydrogens (tertiary/aromatic N) is 2. The van der Waals surface area contributed by atoms with Crippen LogP contribution < -0.4 is 10.2 Å². The second-order valence-corrected chi connectivity index (χ2v) is 7.59. The number of benzene rings is 2. The Morgan fingerprint density at radius 3 is 2.48 bits per heavy atom. The fourth-order valence-electron chi connectivity index (χ4n) is 2.68. The highest BCUT2D eigenvalue weighted by Crippen LogP contribution is 2.29. The number of thiazole rings is 1. The number of halogens is 2. The third-order valence-electron chi connectivity index (χ3n) is 4.07. The van der Waals surface area contributed by atoms with E-state index in [4.69, 9.17) is 28.2 Å². The molecule has 1 N–H and O–H groups in total. The molecule has 27 heavy (non-hydrogen) atoms. The van der Waals surface area contributed by atoms with E-state index in [1.807, 2.05) is 29.6 Å². The van der Waals surface area contributed by atoms with Gasteiger partial charge in [0.05, 0.1) is 5.69 Å². The molecule has 1 amide bonds. The van der Waals surface area contributed by atoms with Crippen LogP contribution in [0, 0.1) is 0 Å². The van der Waals surface area contributed by atoms with E-state index in [9.17, 15) is 4.79 Å². The maximum atomic E-state index is 12.5. The fraction of sp³-hybridized carbons (Fsp3) is 0.200. The maximum Gasteiger partial charge on any atom is 0.255 e. The van der Waals surface area contributed by atoms with Gasteiger partial charge in [-0.3, -0.25) is 4.79 Å². The summed E-state index contributed by atoms with van der Waals surface area (Å²) in [7, 11) is 0. The zero-order valence-electron chi connectivity index (χ0n) is 15.0. The number of carbonyl (C=O) groups is 1. The Balaban J connectivity index is 1.80. The van der Waals surface area contributed by atoms with Crippen molar-refractivity contribution in [2.75, 3.05) is 23.3 Å². The first-order valence-electron chi connectivity index (χ1n) is 8.58. The number of aromatic nitrogens is 1. The molecule has 0 saturated carbocycles. The van der Waals surface area contributed by atoms with E-state index >= 15 is 0 Å². The van der Waals surface area contributed by atoms with Gasteiger partial charge < -0.3 is 10.2 Å². The smallest absolute Gasteiger partial charge is 0.255 e. The van der Waals surface area contributed by atoms with Crippen LogP contribution in [0.3, 0.4) is 0 Å². The van der Waals surface area contributed by atoms with E-state index in [-0.39, 0.29) is 5.91 Å². The van der Waals surface area contributed by atoms with E-state index in [0.717, 1.165) is 29.5 Å². The summed E-state index contributed by atoms with van der Waals surface area (Å²) in [6.07, 6.45) is 0. The van der Waals surface area contributed by atoms with Crippen LogP contribution in [0.2, 0.25) is 10.0 Å². The Labute approximate surface area is 172 Å². The van der Waals surface area contributed by atoms with Crippen LogP contribution in [-0.4, -0.2) is 24.0 Å². The average Bonchev–Trinajstić information content (AvgIpc) is 3.12. The van der Waals surface area contributed by atoms with Crippen molar-refractivity contribution in [3.05, 3.63) is 63.5 Å². The zero-order chi connectivity index (χ0) is 19.4. The van der Waals surface area contributed by atoms with Gasteiger partial charge in [-0.15, -0.1) is 11.3 Å². The average molecular weight is 420 g/mol. The first-order valence-corrected chi connectivity index (χ1v) is 10.2. The molecule has 1 heterocycles. The maximum absolute atomic E-state index is 12.5. The second-order valence-electron chi connectivity index (χ2n) is 5.88. The minimum absolute atomic E-state index is 0.265. The molecule has 0 atom stereocenters. The van der Waals surface area contributed by atoms with E-state index < -0.39 is 0 Å². The monoisotopic (exact) mass is 419 g/mol. The molecule has 0 aliphatic heterocycles. The topological polar surface area (TPSA) is 45.2 Å². The third-order valence-corrected chi connectivity index (χ3v) is 5.40. The van der Waals surface area contributed by atoms with Gasteiger partial charge in [0.2, 0.25) is 0 Å². The standard InChI is InChI=1S/C20H19Cl2N3OS/c1-3-25(4-2)20-24-18(12-27-20)13-6-5-7-17(10-13)23-19(26)14-8-15(21)11-16(22)9-14/h5-12H,3-4H2,1-2H3,(H,23,26). The van der Waals surface area contributed by atoms with Crippen molar-refractivity contribution in [1.82, 2.24) is 4.98 Å². The van der Waals surface area contributed by atoms with Gasteiger partial charge in [-0.2, -0.15) is 0 Å². The van der Waals surface area contributed by atoms with Crippen LogP contribution in [-0.2, 0) is 0 Å². The number of nitrogens with one attached hydrogen (secondary N) is 1. The van der Waals surface area contributed by atoms with Crippen LogP contribution >= 0.6 is 34.5 Å². The number of amides is 1. The third kappa shape index (κ3) is 4.80.